The summed E-state index contributed by atoms with van der Waals surface area (Å²) in [7, 11) is -3.96. The summed E-state index contributed by atoms with van der Waals surface area (Å²) >= 11 is 3.18. The van der Waals surface area contributed by atoms with Crippen LogP contribution in [0, 0.1) is 5.82 Å². The minimum Gasteiger partial charge on any atom is -0.369 e. The number of nitrogens with one attached hydrogen (secondary N) is 2. The van der Waals surface area contributed by atoms with Crippen LogP contribution in [0.25, 0.3) is 0 Å². The number of rotatable bonds is 5. The van der Waals surface area contributed by atoms with Crippen molar-refractivity contribution in [1.82, 2.24) is 4.98 Å². The van der Waals surface area contributed by atoms with Gasteiger partial charge in [0.2, 0.25) is 0 Å². The number of pyridine rings is 1. The van der Waals surface area contributed by atoms with E-state index in [4.69, 9.17) is 0 Å². The number of sulfonamides is 1. The Morgan fingerprint density at radius 1 is 1.33 bits per heavy atom. The Kier molecular flexibility index (Phi) is 4.79. The second-order valence-electron chi connectivity index (χ2n) is 4.12. The SMILES string of the molecule is CCNc1ncc(Br)cc1S(=O)(=O)Nc1ccccc1F. The number of hydrogen-bond donors (Lipinski definition) is 2. The van der Waals surface area contributed by atoms with Crippen molar-refractivity contribution in [3.05, 3.63) is 46.8 Å². The number of anilines is 2. The summed E-state index contributed by atoms with van der Waals surface area (Å²) in [4.78, 5) is 3.97. The summed E-state index contributed by atoms with van der Waals surface area (Å²) in [5.41, 5.74) is -0.111. The molecular formula is C13H13BrFN3O2S. The zero-order chi connectivity index (χ0) is 15.5. The first-order valence-corrected chi connectivity index (χ1v) is 8.38. The third kappa shape index (κ3) is 3.70. The minimum atomic E-state index is -3.96. The maximum absolute atomic E-state index is 13.6. The molecule has 0 aliphatic rings. The average Bonchev–Trinajstić information content (AvgIpc) is 2.43. The number of hydrogen-bond acceptors (Lipinski definition) is 4. The molecule has 1 heterocycles. The molecule has 0 atom stereocenters. The van der Waals surface area contributed by atoms with Gasteiger partial charge in [-0.1, -0.05) is 12.1 Å². The molecule has 0 aliphatic carbocycles. The molecule has 1 aromatic heterocycles. The maximum Gasteiger partial charge on any atom is 0.265 e. The molecule has 0 aliphatic heterocycles. The molecule has 5 nitrogen and oxygen atoms in total. The average molecular weight is 374 g/mol. The molecule has 2 aromatic rings. The van der Waals surface area contributed by atoms with Crippen LogP contribution in [0.15, 0.2) is 45.9 Å². The van der Waals surface area contributed by atoms with Crippen LogP contribution in [0.2, 0.25) is 0 Å². The molecule has 21 heavy (non-hydrogen) atoms. The quantitative estimate of drug-likeness (QED) is 0.843. The number of aromatic nitrogens is 1. The van der Waals surface area contributed by atoms with Gasteiger partial charge < -0.3 is 5.32 Å². The van der Waals surface area contributed by atoms with E-state index in [1.54, 1.807) is 6.07 Å². The first-order valence-electron chi connectivity index (χ1n) is 6.11. The van der Waals surface area contributed by atoms with Crippen molar-refractivity contribution in [3.8, 4) is 0 Å². The van der Waals surface area contributed by atoms with Crippen molar-refractivity contribution in [2.75, 3.05) is 16.6 Å². The van der Waals surface area contributed by atoms with Crippen LogP contribution in [0.4, 0.5) is 15.9 Å². The summed E-state index contributed by atoms with van der Waals surface area (Å²) < 4.78 is 41.2. The lowest BCUT2D eigenvalue weighted by atomic mass is 10.3. The molecule has 8 heteroatoms. The van der Waals surface area contributed by atoms with Gasteiger partial charge in [-0.2, -0.15) is 0 Å². The van der Waals surface area contributed by atoms with Crippen LogP contribution in [0.5, 0.6) is 0 Å². The van der Waals surface area contributed by atoms with Gasteiger partial charge in [0.05, 0.1) is 5.69 Å². The van der Waals surface area contributed by atoms with Crippen LogP contribution < -0.4 is 10.0 Å². The second-order valence-corrected chi connectivity index (χ2v) is 6.68. The molecule has 2 rings (SSSR count). The Labute approximate surface area is 130 Å². The first-order chi connectivity index (χ1) is 9.94. The van der Waals surface area contributed by atoms with E-state index in [9.17, 15) is 12.8 Å². The Bertz CT molecular complexity index is 753. The van der Waals surface area contributed by atoms with Gasteiger partial charge in [0.25, 0.3) is 10.0 Å². The van der Waals surface area contributed by atoms with Crippen LogP contribution >= 0.6 is 15.9 Å². The van der Waals surface area contributed by atoms with E-state index >= 15 is 0 Å². The molecular weight excluding hydrogens is 361 g/mol. The topological polar surface area (TPSA) is 71.1 Å². The highest BCUT2D eigenvalue weighted by molar-refractivity contribution is 9.10. The van der Waals surface area contributed by atoms with Gasteiger partial charge in [0.1, 0.15) is 16.5 Å². The van der Waals surface area contributed by atoms with E-state index in [2.05, 4.69) is 31.0 Å². The van der Waals surface area contributed by atoms with Crippen molar-refractivity contribution < 1.29 is 12.8 Å². The highest BCUT2D eigenvalue weighted by Crippen LogP contribution is 2.25. The second kappa shape index (κ2) is 6.40. The number of benzene rings is 1. The molecule has 0 radical (unpaired) electrons. The van der Waals surface area contributed by atoms with E-state index in [1.165, 1.54) is 30.5 Å². The highest BCUT2D eigenvalue weighted by Gasteiger charge is 2.21. The molecule has 0 fully saturated rings. The van der Waals surface area contributed by atoms with Crippen LogP contribution in [-0.4, -0.2) is 19.9 Å². The number of halogens is 2. The Hall–Kier alpha value is -1.67. The summed E-state index contributed by atoms with van der Waals surface area (Å²) in [6.45, 7) is 2.33. The molecule has 0 spiro atoms. The number of para-hydroxylation sites is 1. The zero-order valence-corrected chi connectivity index (χ0v) is 13.5. The van der Waals surface area contributed by atoms with Gasteiger partial charge in [0, 0.05) is 17.2 Å². The Balaban J connectivity index is 2.44. The van der Waals surface area contributed by atoms with Crippen molar-refractivity contribution in [2.24, 2.45) is 0 Å². The van der Waals surface area contributed by atoms with Gasteiger partial charge >= 0.3 is 0 Å². The lowest BCUT2D eigenvalue weighted by molar-refractivity contribution is 0.598. The highest BCUT2D eigenvalue weighted by atomic mass is 79.9. The molecule has 0 saturated carbocycles. The van der Waals surface area contributed by atoms with E-state index in [-0.39, 0.29) is 16.4 Å². The minimum absolute atomic E-state index is 0.0537. The molecule has 1 aromatic carbocycles. The molecule has 0 bridgehead atoms. The predicted molar refractivity (Wildman–Crippen MR) is 83.3 cm³/mol. The molecule has 0 saturated heterocycles. The monoisotopic (exact) mass is 373 g/mol. The zero-order valence-electron chi connectivity index (χ0n) is 11.1. The van der Waals surface area contributed by atoms with Gasteiger partial charge in [0.15, 0.2) is 0 Å². The standard InChI is InChI=1S/C13H13BrFN3O2S/c1-2-16-13-12(7-9(14)8-17-13)21(19,20)18-11-6-4-3-5-10(11)15/h3-8,18H,2H2,1H3,(H,16,17). The smallest absolute Gasteiger partial charge is 0.265 e. The maximum atomic E-state index is 13.6. The molecule has 2 N–H and O–H groups in total. The van der Waals surface area contributed by atoms with Crippen molar-refractivity contribution >= 4 is 37.5 Å². The van der Waals surface area contributed by atoms with E-state index in [0.717, 1.165) is 0 Å². The van der Waals surface area contributed by atoms with E-state index < -0.39 is 15.8 Å². The summed E-state index contributed by atoms with van der Waals surface area (Å²) in [6.07, 6.45) is 1.49. The largest absolute Gasteiger partial charge is 0.369 e. The summed E-state index contributed by atoms with van der Waals surface area (Å²) in [5, 5.41) is 2.86. The third-order valence-corrected chi connectivity index (χ3v) is 4.38. The van der Waals surface area contributed by atoms with Crippen LogP contribution in [0.1, 0.15) is 6.92 Å². The van der Waals surface area contributed by atoms with Gasteiger partial charge in [-0.3, -0.25) is 4.72 Å². The molecule has 0 amide bonds. The first kappa shape index (κ1) is 15.7. The lowest BCUT2D eigenvalue weighted by Crippen LogP contribution is -2.17. The van der Waals surface area contributed by atoms with E-state index in [0.29, 0.717) is 11.0 Å². The normalized spacial score (nSPS) is 11.2. The predicted octanol–water partition coefficient (Wildman–Crippen LogP) is 3.22. The molecule has 112 valence electrons. The van der Waals surface area contributed by atoms with E-state index in [1.807, 2.05) is 6.92 Å². The van der Waals surface area contributed by atoms with Crippen LogP contribution in [0.3, 0.4) is 0 Å². The molecule has 0 unspecified atom stereocenters. The van der Waals surface area contributed by atoms with Crippen LogP contribution in [-0.2, 0) is 10.0 Å². The fourth-order valence-electron chi connectivity index (χ4n) is 1.67. The lowest BCUT2D eigenvalue weighted by Gasteiger charge is -2.13. The third-order valence-electron chi connectivity index (χ3n) is 2.57. The van der Waals surface area contributed by atoms with Gasteiger partial charge in [-0.05, 0) is 41.1 Å². The van der Waals surface area contributed by atoms with Gasteiger partial charge in [-0.25, -0.2) is 17.8 Å². The fraction of sp³-hybridized carbons (Fsp3) is 0.154. The Morgan fingerprint density at radius 3 is 2.71 bits per heavy atom. The van der Waals surface area contributed by atoms with Crippen molar-refractivity contribution in [2.45, 2.75) is 11.8 Å². The van der Waals surface area contributed by atoms with Crippen molar-refractivity contribution in [3.63, 3.8) is 0 Å². The fourth-order valence-corrected chi connectivity index (χ4v) is 3.38. The van der Waals surface area contributed by atoms with Gasteiger partial charge in [-0.15, -0.1) is 0 Å². The summed E-state index contributed by atoms with van der Waals surface area (Å²) in [6, 6.07) is 6.98. The summed E-state index contributed by atoms with van der Waals surface area (Å²) in [5.74, 6) is -0.432. The van der Waals surface area contributed by atoms with Crippen molar-refractivity contribution in [1.29, 1.82) is 0 Å². The Morgan fingerprint density at radius 2 is 2.05 bits per heavy atom. The number of nitrogens with zero attached hydrogens (tertiary/aromatic N) is 1.